The van der Waals surface area contributed by atoms with E-state index in [1.165, 1.54) is 23.9 Å². The monoisotopic (exact) mass is 598 g/mol. The lowest BCUT2D eigenvalue weighted by Crippen LogP contribution is -2.50. The number of halogens is 3. The van der Waals surface area contributed by atoms with Crippen LogP contribution in [0.1, 0.15) is 34.1 Å². The molecule has 2 amide bonds. The van der Waals surface area contributed by atoms with Gasteiger partial charge in [0.25, 0.3) is 5.91 Å². The molecule has 3 aromatic rings. The third kappa shape index (κ3) is 7.15. The summed E-state index contributed by atoms with van der Waals surface area (Å²) in [6.45, 7) is 8.09. The Morgan fingerprint density at radius 2 is 1.48 bits per heavy atom. The Bertz CT molecular complexity index is 1420. The summed E-state index contributed by atoms with van der Waals surface area (Å²) in [6, 6.07) is 14.9. The minimum absolute atomic E-state index is 0.0304. The number of thioether (sulfide) groups is 1. The molecule has 0 atom stereocenters. The van der Waals surface area contributed by atoms with Gasteiger partial charge in [0.2, 0.25) is 5.91 Å². The van der Waals surface area contributed by atoms with Gasteiger partial charge in [-0.2, -0.15) is 13.2 Å². The van der Waals surface area contributed by atoms with E-state index >= 15 is 0 Å². The average molecular weight is 599 g/mol. The average Bonchev–Trinajstić information content (AvgIpc) is 2.99. The predicted molar refractivity (Wildman–Crippen MR) is 157 cm³/mol. The van der Waals surface area contributed by atoms with Crippen molar-refractivity contribution < 1.29 is 22.8 Å². The molecule has 0 bridgehead atoms. The zero-order chi connectivity index (χ0) is 29.9. The van der Waals surface area contributed by atoms with Crippen molar-refractivity contribution in [3.05, 3.63) is 77.0 Å². The molecule has 2 fully saturated rings. The number of amides is 2. The molecule has 8 nitrogen and oxygen atoms in total. The highest BCUT2D eigenvalue weighted by Gasteiger charge is 2.31. The first-order chi connectivity index (χ1) is 20.1. The second-order valence-corrected chi connectivity index (χ2v) is 11.4. The van der Waals surface area contributed by atoms with E-state index in [9.17, 15) is 22.8 Å². The normalized spacial score (nSPS) is 16.1. The molecule has 12 heteroatoms. The number of piperazine rings is 2. The number of carbonyl (C=O) groups excluding carboxylic acids is 2. The molecule has 5 rings (SSSR count). The van der Waals surface area contributed by atoms with E-state index in [1.807, 2.05) is 42.2 Å². The summed E-state index contributed by atoms with van der Waals surface area (Å²) in [4.78, 5) is 41.4. The second kappa shape index (κ2) is 12.6. The standard InChI is InChI=1S/C30H33F3N6O2S/c1-21-18-27(38-14-12-37(13-15-38)26-5-3-4-25(19-26)30(31,32)33)35-29(34-21)42-20-23-6-8-24(9-7-23)28(41)39-16-10-36(11-17-39)22(2)40/h3-9,18-19H,10-17,20H2,1-2H3. The topological polar surface area (TPSA) is 72.9 Å². The van der Waals surface area contributed by atoms with Crippen molar-refractivity contribution >= 4 is 35.1 Å². The van der Waals surface area contributed by atoms with E-state index < -0.39 is 11.7 Å². The summed E-state index contributed by atoms with van der Waals surface area (Å²) in [5.74, 6) is 1.44. The van der Waals surface area contributed by atoms with Crippen molar-refractivity contribution in [3.63, 3.8) is 0 Å². The molecule has 0 radical (unpaired) electrons. The molecule has 2 aliphatic heterocycles. The lowest BCUT2D eigenvalue weighted by atomic mass is 10.1. The summed E-state index contributed by atoms with van der Waals surface area (Å²) in [5.41, 5.74) is 2.44. The zero-order valence-corrected chi connectivity index (χ0v) is 24.4. The van der Waals surface area contributed by atoms with Crippen molar-refractivity contribution in [2.24, 2.45) is 0 Å². The summed E-state index contributed by atoms with van der Waals surface area (Å²) in [7, 11) is 0. The molecule has 2 saturated heterocycles. The summed E-state index contributed by atoms with van der Waals surface area (Å²) in [6.07, 6.45) is -4.36. The number of hydrogen-bond donors (Lipinski definition) is 0. The van der Waals surface area contributed by atoms with E-state index in [1.54, 1.807) is 22.8 Å². The minimum atomic E-state index is -4.36. The van der Waals surface area contributed by atoms with Crippen molar-refractivity contribution in [2.75, 3.05) is 62.2 Å². The van der Waals surface area contributed by atoms with Gasteiger partial charge in [0.1, 0.15) is 5.82 Å². The molecule has 0 spiro atoms. The molecular formula is C30H33F3N6O2S. The predicted octanol–water partition coefficient (Wildman–Crippen LogP) is 4.73. The van der Waals surface area contributed by atoms with Crippen molar-refractivity contribution in [1.29, 1.82) is 0 Å². The summed E-state index contributed by atoms with van der Waals surface area (Å²) >= 11 is 1.51. The van der Waals surface area contributed by atoms with Gasteiger partial charge < -0.3 is 19.6 Å². The van der Waals surface area contributed by atoms with Crippen LogP contribution in [0.4, 0.5) is 24.7 Å². The van der Waals surface area contributed by atoms with Crippen molar-refractivity contribution in [3.8, 4) is 0 Å². The van der Waals surface area contributed by atoms with Gasteiger partial charge in [-0.1, -0.05) is 30.0 Å². The Morgan fingerprint density at radius 3 is 2.12 bits per heavy atom. The molecule has 0 saturated carbocycles. The maximum absolute atomic E-state index is 13.1. The Kier molecular flexibility index (Phi) is 8.91. The molecule has 2 aromatic carbocycles. The third-order valence-electron chi connectivity index (χ3n) is 7.54. The number of anilines is 2. The first-order valence-corrected chi connectivity index (χ1v) is 14.8. The second-order valence-electron chi connectivity index (χ2n) is 10.5. The minimum Gasteiger partial charge on any atom is -0.368 e. The van der Waals surface area contributed by atoms with Crippen LogP contribution >= 0.6 is 11.8 Å². The summed E-state index contributed by atoms with van der Waals surface area (Å²) < 4.78 is 39.4. The van der Waals surface area contributed by atoms with Crippen LogP contribution in [0.2, 0.25) is 0 Å². The van der Waals surface area contributed by atoms with Crippen molar-refractivity contribution in [1.82, 2.24) is 19.8 Å². The van der Waals surface area contributed by atoms with E-state index in [0.29, 0.717) is 74.5 Å². The number of alkyl halides is 3. The zero-order valence-electron chi connectivity index (χ0n) is 23.6. The maximum atomic E-state index is 13.1. The molecular weight excluding hydrogens is 565 g/mol. The van der Waals surface area contributed by atoms with E-state index in [0.717, 1.165) is 23.1 Å². The van der Waals surface area contributed by atoms with Crippen LogP contribution in [0, 0.1) is 6.92 Å². The van der Waals surface area contributed by atoms with E-state index in [-0.39, 0.29) is 11.8 Å². The summed E-state index contributed by atoms with van der Waals surface area (Å²) in [5, 5.41) is 0.647. The van der Waals surface area contributed by atoms with E-state index in [2.05, 4.69) is 9.88 Å². The van der Waals surface area contributed by atoms with Gasteiger partial charge in [0.15, 0.2) is 5.16 Å². The number of rotatable bonds is 6. The fourth-order valence-corrected chi connectivity index (χ4v) is 5.98. The van der Waals surface area contributed by atoms with Gasteiger partial charge in [0, 0.05) is 88.0 Å². The number of aryl methyl sites for hydroxylation is 1. The number of benzene rings is 2. The van der Waals surface area contributed by atoms with Crippen LogP contribution in [0.3, 0.4) is 0 Å². The molecule has 0 aliphatic carbocycles. The lowest BCUT2D eigenvalue weighted by Gasteiger charge is -2.37. The van der Waals surface area contributed by atoms with E-state index in [4.69, 9.17) is 4.98 Å². The van der Waals surface area contributed by atoms with Gasteiger partial charge in [-0.05, 0) is 42.8 Å². The highest BCUT2D eigenvalue weighted by atomic mass is 32.2. The molecule has 0 N–H and O–H groups in total. The number of carbonyl (C=O) groups is 2. The fourth-order valence-electron chi connectivity index (χ4n) is 5.12. The highest BCUT2D eigenvalue weighted by molar-refractivity contribution is 7.98. The smallest absolute Gasteiger partial charge is 0.368 e. The lowest BCUT2D eigenvalue weighted by molar-refractivity contribution is -0.137. The highest BCUT2D eigenvalue weighted by Crippen LogP contribution is 2.32. The first-order valence-electron chi connectivity index (χ1n) is 13.9. The quantitative estimate of drug-likeness (QED) is 0.300. The van der Waals surface area contributed by atoms with Gasteiger partial charge in [-0.25, -0.2) is 9.97 Å². The van der Waals surface area contributed by atoms with Gasteiger partial charge >= 0.3 is 6.18 Å². The first kappa shape index (κ1) is 29.7. The molecule has 222 valence electrons. The number of aromatic nitrogens is 2. The maximum Gasteiger partial charge on any atom is 0.416 e. The van der Waals surface area contributed by atoms with Crippen LogP contribution in [-0.4, -0.2) is 83.9 Å². The van der Waals surface area contributed by atoms with Crippen LogP contribution in [0.15, 0.2) is 59.8 Å². The number of hydrogen-bond acceptors (Lipinski definition) is 7. The van der Waals surface area contributed by atoms with Gasteiger partial charge in [-0.3, -0.25) is 9.59 Å². The molecule has 1 aromatic heterocycles. The van der Waals surface area contributed by atoms with Crippen LogP contribution in [0.25, 0.3) is 0 Å². The van der Waals surface area contributed by atoms with Crippen LogP contribution < -0.4 is 9.80 Å². The van der Waals surface area contributed by atoms with Gasteiger partial charge in [-0.15, -0.1) is 0 Å². The third-order valence-corrected chi connectivity index (χ3v) is 8.46. The van der Waals surface area contributed by atoms with Crippen LogP contribution in [-0.2, 0) is 16.7 Å². The molecule has 3 heterocycles. The van der Waals surface area contributed by atoms with Crippen molar-refractivity contribution in [2.45, 2.75) is 30.9 Å². The molecule has 2 aliphatic rings. The fraction of sp³-hybridized carbons (Fsp3) is 0.400. The Labute approximate surface area is 247 Å². The van der Waals surface area contributed by atoms with Crippen LogP contribution in [0.5, 0.6) is 0 Å². The van der Waals surface area contributed by atoms with Gasteiger partial charge in [0.05, 0.1) is 5.56 Å². The Morgan fingerprint density at radius 1 is 0.833 bits per heavy atom. The Hall–Kier alpha value is -3.80. The largest absolute Gasteiger partial charge is 0.416 e. The Balaban J connectivity index is 1.15. The number of nitrogens with zero attached hydrogens (tertiary/aromatic N) is 6. The SMILES string of the molecule is CC(=O)N1CCN(C(=O)c2ccc(CSc3nc(C)cc(N4CCN(c5cccc(C(F)(F)F)c5)CC4)n3)cc2)CC1. The molecule has 0 unspecified atom stereocenters. The molecule has 42 heavy (non-hydrogen) atoms.